The SMILES string of the molecule is CC(C)(CCN)CN(CC(O)C(Cc1ccccc1)NC(=O)OC1COC2OCCC12)S(=O)(=O)c1cccc(N)c1. The van der Waals surface area contributed by atoms with Crippen molar-refractivity contribution in [3.8, 4) is 0 Å². The molecule has 5 atom stereocenters. The second-order valence-electron chi connectivity index (χ2n) is 11.5. The summed E-state index contributed by atoms with van der Waals surface area (Å²) in [5.74, 6) is -0.0398. The van der Waals surface area contributed by atoms with Crippen molar-refractivity contribution in [3.63, 3.8) is 0 Å². The van der Waals surface area contributed by atoms with E-state index in [0.29, 0.717) is 25.3 Å². The van der Waals surface area contributed by atoms with Crippen molar-refractivity contribution in [1.29, 1.82) is 0 Å². The summed E-state index contributed by atoms with van der Waals surface area (Å²) in [7, 11) is -4.06. The molecule has 41 heavy (non-hydrogen) atoms. The first kappa shape index (κ1) is 31.2. The summed E-state index contributed by atoms with van der Waals surface area (Å²) in [6.45, 7) is 4.84. The van der Waals surface area contributed by atoms with Gasteiger partial charge < -0.3 is 36.1 Å². The maximum Gasteiger partial charge on any atom is 0.407 e. The fraction of sp³-hybridized carbons (Fsp3) is 0.552. The van der Waals surface area contributed by atoms with Crippen molar-refractivity contribution in [3.05, 3.63) is 60.2 Å². The Morgan fingerprint density at radius 2 is 1.95 bits per heavy atom. The van der Waals surface area contributed by atoms with Gasteiger partial charge in [-0.05, 0) is 55.0 Å². The number of rotatable bonds is 13. The molecule has 4 rings (SSSR count). The Morgan fingerprint density at radius 3 is 2.66 bits per heavy atom. The molecule has 11 nitrogen and oxygen atoms in total. The minimum Gasteiger partial charge on any atom is -0.443 e. The van der Waals surface area contributed by atoms with Crippen molar-refractivity contribution in [2.75, 3.05) is 38.6 Å². The molecular weight excluding hydrogens is 548 g/mol. The Kier molecular flexibility index (Phi) is 10.3. The zero-order valence-corrected chi connectivity index (χ0v) is 24.5. The number of benzene rings is 2. The summed E-state index contributed by atoms with van der Waals surface area (Å²) in [5.41, 5.74) is 12.4. The number of nitrogens with one attached hydrogen (secondary N) is 1. The van der Waals surface area contributed by atoms with Crippen molar-refractivity contribution in [2.24, 2.45) is 17.1 Å². The minimum atomic E-state index is -4.06. The van der Waals surface area contributed by atoms with Gasteiger partial charge in [-0.1, -0.05) is 50.2 Å². The predicted molar refractivity (Wildman–Crippen MR) is 154 cm³/mol. The minimum absolute atomic E-state index is 0.0230. The average Bonchev–Trinajstić information content (AvgIpc) is 3.53. The Bertz CT molecular complexity index is 1260. The van der Waals surface area contributed by atoms with Crippen molar-refractivity contribution in [2.45, 2.75) is 62.5 Å². The Hall–Kier alpha value is -2.74. The Labute approximate surface area is 242 Å². The molecule has 0 spiro atoms. The standard InChI is InChI=1S/C29H42N4O7S/c1-29(2,12-13-30)19-33(41(36,37)22-10-6-9-21(31)16-22)17-25(34)24(15-20-7-4-3-5-8-20)32-28(35)40-26-18-39-27-23(26)11-14-38-27/h3-10,16,23-27,34H,11-15,17-19,30-31H2,1-2H3,(H,32,35). The topological polar surface area (TPSA) is 166 Å². The fourth-order valence-corrected chi connectivity index (χ4v) is 7.08. The number of anilines is 1. The highest BCUT2D eigenvalue weighted by Crippen LogP contribution is 2.33. The van der Waals surface area contributed by atoms with Gasteiger partial charge in [0.2, 0.25) is 10.0 Å². The van der Waals surface area contributed by atoms with E-state index in [9.17, 15) is 18.3 Å². The number of carbonyl (C=O) groups is 1. The molecule has 2 fully saturated rings. The van der Waals surface area contributed by atoms with Gasteiger partial charge in [0.15, 0.2) is 6.29 Å². The van der Waals surface area contributed by atoms with Gasteiger partial charge in [-0.3, -0.25) is 0 Å². The van der Waals surface area contributed by atoms with Crippen molar-refractivity contribution < 1.29 is 32.5 Å². The van der Waals surface area contributed by atoms with Crippen LogP contribution in [0.5, 0.6) is 0 Å². The normalized spacial score (nSPS) is 22.3. The number of hydrogen-bond acceptors (Lipinski definition) is 9. The second kappa shape index (κ2) is 13.5. The molecule has 2 aromatic carbocycles. The van der Waals surface area contributed by atoms with Gasteiger partial charge in [-0.15, -0.1) is 0 Å². The number of hydrogen-bond donors (Lipinski definition) is 4. The van der Waals surface area contributed by atoms with Crippen LogP contribution in [-0.2, 0) is 30.7 Å². The van der Waals surface area contributed by atoms with Crippen molar-refractivity contribution >= 4 is 21.8 Å². The van der Waals surface area contributed by atoms with Crippen LogP contribution < -0.4 is 16.8 Å². The largest absolute Gasteiger partial charge is 0.443 e. The van der Waals surface area contributed by atoms with E-state index in [-0.39, 0.29) is 43.2 Å². The highest BCUT2D eigenvalue weighted by molar-refractivity contribution is 7.89. The maximum atomic E-state index is 13.8. The lowest BCUT2D eigenvalue weighted by Gasteiger charge is -2.35. The van der Waals surface area contributed by atoms with Gasteiger partial charge in [0.05, 0.1) is 36.2 Å². The summed E-state index contributed by atoms with van der Waals surface area (Å²) < 4.78 is 45.7. The number of carbonyl (C=O) groups excluding carboxylic acids is 1. The van der Waals surface area contributed by atoms with Crippen LogP contribution >= 0.6 is 0 Å². The van der Waals surface area contributed by atoms with Crippen molar-refractivity contribution in [1.82, 2.24) is 9.62 Å². The van der Waals surface area contributed by atoms with Crippen LogP contribution in [0.3, 0.4) is 0 Å². The van der Waals surface area contributed by atoms with E-state index in [0.717, 1.165) is 12.0 Å². The van der Waals surface area contributed by atoms with Crippen LogP contribution in [0.1, 0.15) is 32.3 Å². The number of nitrogens with two attached hydrogens (primary N) is 2. The lowest BCUT2D eigenvalue weighted by atomic mass is 9.89. The van der Waals surface area contributed by atoms with Gasteiger partial charge in [-0.25, -0.2) is 13.2 Å². The smallest absolute Gasteiger partial charge is 0.407 e. The molecule has 2 aromatic rings. The molecule has 226 valence electrons. The highest BCUT2D eigenvalue weighted by atomic mass is 32.2. The number of aliphatic hydroxyl groups excluding tert-OH is 1. The number of amides is 1. The first-order valence-electron chi connectivity index (χ1n) is 14.0. The zero-order chi connectivity index (χ0) is 29.6. The summed E-state index contributed by atoms with van der Waals surface area (Å²) >= 11 is 0. The monoisotopic (exact) mass is 590 g/mol. The van der Waals surface area contributed by atoms with Crippen LogP contribution in [0.4, 0.5) is 10.5 Å². The lowest BCUT2D eigenvalue weighted by molar-refractivity contribution is -0.0907. The zero-order valence-electron chi connectivity index (χ0n) is 23.6. The van der Waals surface area contributed by atoms with E-state index in [1.807, 2.05) is 44.2 Å². The average molecular weight is 591 g/mol. The van der Waals surface area contributed by atoms with E-state index in [2.05, 4.69) is 5.32 Å². The third kappa shape index (κ3) is 8.18. The number of aliphatic hydroxyl groups is 1. The summed E-state index contributed by atoms with van der Waals surface area (Å²) in [4.78, 5) is 13.1. The molecule has 12 heteroatoms. The fourth-order valence-electron chi connectivity index (χ4n) is 5.38. The van der Waals surface area contributed by atoms with Gasteiger partial charge in [0, 0.05) is 18.8 Å². The summed E-state index contributed by atoms with van der Waals surface area (Å²) in [6.07, 6.45) is -1.26. The molecule has 6 N–H and O–H groups in total. The van der Waals surface area contributed by atoms with Crippen LogP contribution in [0.15, 0.2) is 59.5 Å². The quantitative estimate of drug-likeness (QED) is 0.256. The van der Waals surface area contributed by atoms with E-state index in [1.54, 1.807) is 12.1 Å². The molecule has 0 saturated carbocycles. The molecule has 5 unspecified atom stereocenters. The predicted octanol–water partition coefficient (Wildman–Crippen LogP) is 2.09. The third-order valence-corrected chi connectivity index (χ3v) is 9.43. The highest BCUT2D eigenvalue weighted by Gasteiger charge is 2.44. The van der Waals surface area contributed by atoms with E-state index in [4.69, 9.17) is 25.7 Å². The first-order chi connectivity index (χ1) is 19.5. The maximum absolute atomic E-state index is 13.8. The summed E-state index contributed by atoms with van der Waals surface area (Å²) in [6, 6.07) is 14.6. The number of ether oxygens (including phenoxy) is 3. The Morgan fingerprint density at radius 1 is 1.20 bits per heavy atom. The molecule has 0 bridgehead atoms. The molecule has 2 saturated heterocycles. The number of nitrogens with zero attached hydrogens (tertiary/aromatic N) is 1. The molecule has 2 heterocycles. The molecule has 1 amide bonds. The molecular formula is C29H42N4O7S. The third-order valence-electron chi connectivity index (χ3n) is 7.62. The van der Waals surface area contributed by atoms with E-state index < -0.39 is 39.8 Å². The van der Waals surface area contributed by atoms with Crippen LogP contribution in [0.25, 0.3) is 0 Å². The van der Waals surface area contributed by atoms with Gasteiger partial charge in [-0.2, -0.15) is 4.31 Å². The molecule has 2 aliphatic rings. The molecule has 0 aliphatic carbocycles. The van der Waals surface area contributed by atoms with Crippen LogP contribution in [0, 0.1) is 11.3 Å². The number of sulfonamides is 1. The van der Waals surface area contributed by atoms with Gasteiger partial charge in [0.1, 0.15) is 6.10 Å². The first-order valence-corrected chi connectivity index (χ1v) is 15.4. The summed E-state index contributed by atoms with van der Waals surface area (Å²) in [5, 5.41) is 14.3. The number of alkyl carbamates (subject to hydrolysis) is 1. The Balaban J connectivity index is 1.56. The van der Waals surface area contributed by atoms with Crippen LogP contribution in [-0.4, -0.2) is 81.3 Å². The second-order valence-corrected chi connectivity index (χ2v) is 13.5. The molecule has 0 aromatic heterocycles. The van der Waals surface area contributed by atoms with E-state index >= 15 is 0 Å². The molecule has 0 radical (unpaired) electrons. The van der Waals surface area contributed by atoms with Gasteiger partial charge in [0.25, 0.3) is 0 Å². The van der Waals surface area contributed by atoms with Gasteiger partial charge >= 0.3 is 6.09 Å². The number of fused-ring (bicyclic) bond motifs is 1. The lowest BCUT2D eigenvalue weighted by Crippen LogP contribution is -2.52. The van der Waals surface area contributed by atoms with Crippen LogP contribution in [0.2, 0.25) is 0 Å². The molecule has 2 aliphatic heterocycles. The van der Waals surface area contributed by atoms with E-state index in [1.165, 1.54) is 16.4 Å². The number of nitrogen functional groups attached to an aromatic ring is 1.